The van der Waals surface area contributed by atoms with E-state index in [4.69, 9.17) is 21.1 Å². The van der Waals surface area contributed by atoms with E-state index in [1.165, 1.54) is 0 Å². The minimum Gasteiger partial charge on any atom is -0.464 e. The summed E-state index contributed by atoms with van der Waals surface area (Å²) in [5.74, 6) is -0.327. The molecule has 0 bridgehead atoms. The van der Waals surface area contributed by atoms with Crippen molar-refractivity contribution < 1.29 is 14.3 Å². The van der Waals surface area contributed by atoms with Crippen LogP contribution in [0.3, 0.4) is 0 Å². The molecule has 0 saturated heterocycles. The van der Waals surface area contributed by atoms with Crippen molar-refractivity contribution >= 4 is 17.6 Å². The zero-order chi connectivity index (χ0) is 13.2. The maximum Gasteiger partial charge on any atom is 0.332 e. The summed E-state index contributed by atoms with van der Waals surface area (Å²) in [6.07, 6.45) is 0. The van der Waals surface area contributed by atoms with Gasteiger partial charge in [-0.2, -0.15) is 0 Å². The quantitative estimate of drug-likeness (QED) is 0.580. The number of benzene rings is 1. The first-order valence-corrected chi connectivity index (χ1v) is 6.28. The number of halogens is 1. The highest BCUT2D eigenvalue weighted by molar-refractivity contribution is 6.30. The molecule has 0 unspecified atom stereocenters. The summed E-state index contributed by atoms with van der Waals surface area (Å²) in [7, 11) is 0. The number of carbonyl (C=O) groups excluding carboxylic acids is 1. The van der Waals surface area contributed by atoms with Crippen LogP contribution in [0.5, 0.6) is 0 Å². The van der Waals surface area contributed by atoms with Crippen LogP contribution in [0.2, 0.25) is 5.02 Å². The highest BCUT2D eigenvalue weighted by Gasteiger charge is 2.00. The third-order valence-electron chi connectivity index (χ3n) is 2.17. The molecular formula is C13H18ClNO3. The summed E-state index contributed by atoms with van der Waals surface area (Å²) in [4.78, 5) is 11.0. The Bertz CT molecular complexity index is 371. The van der Waals surface area contributed by atoms with Crippen molar-refractivity contribution in [1.29, 1.82) is 0 Å². The maximum absolute atomic E-state index is 11.0. The molecular weight excluding hydrogens is 254 g/mol. The second kappa shape index (κ2) is 8.91. The summed E-state index contributed by atoms with van der Waals surface area (Å²) in [6.45, 7) is 4.03. The number of ether oxygens (including phenoxy) is 2. The van der Waals surface area contributed by atoms with Crippen molar-refractivity contribution in [1.82, 2.24) is 5.32 Å². The number of nitrogens with one attached hydrogen (secondary N) is 1. The number of hydrogen-bond donors (Lipinski definition) is 1. The van der Waals surface area contributed by atoms with Gasteiger partial charge in [-0.15, -0.1) is 0 Å². The van der Waals surface area contributed by atoms with Crippen LogP contribution in [0.4, 0.5) is 0 Å². The van der Waals surface area contributed by atoms with Crippen LogP contribution in [0.15, 0.2) is 24.3 Å². The summed E-state index contributed by atoms with van der Waals surface area (Å²) < 4.78 is 9.88. The van der Waals surface area contributed by atoms with E-state index in [1.54, 1.807) is 6.92 Å². The second-order valence-corrected chi connectivity index (χ2v) is 4.10. The van der Waals surface area contributed by atoms with Gasteiger partial charge in [-0.3, -0.25) is 0 Å². The van der Waals surface area contributed by atoms with Gasteiger partial charge >= 0.3 is 5.97 Å². The molecule has 0 aliphatic carbocycles. The molecule has 100 valence electrons. The van der Waals surface area contributed by atoms with E-state index in [2.05, 4.69) is 5.32 Å². The molecule has 0 heterocycles. The molecule has 5 heteroatoms. The molecule has 1 rings (SSSR count). The van der Waals surface area contributed by atoms with E-state index in [9.17, 15) is 4.79 Å². The van der Waals surface area contributed by atoms with E-state index in [1.807, 2.05) is 24.3 Å². The molecule has 0 radical (unpaired) electrons. The van der Waals surface area contributed by atoms with Gasteiger partial charge in [0.25, 0.3) is 0 Å². The molecule has 18 heavy (non-hydrogen) atoms. The molecule has 0 spiro atoms. The van der Waals surface area contributed by atoms with Gasteiger partial charge in [0.05, 0.1) is 13.2 Å². The lowest BCUT2D eigenvalue weighted by atomic mass is 10.2. The number of esters is 1. The summed E-state index contributed by atoms with van der Waals surface area (Å²) in [6, 6.07) is 7.66. The minimum absolute atomic E-state index is 0.00663. The normalized spacial score (nSPS) is 10.3. The fraction of sp³-hybridized carbons (Fsp3) is 0.462. The van der Waals surface area contributed by atoms with Crippen LogP contribution < -0.4 is 5.32 Å². The minimum atomic E-state index is -0.327. The molecule has 0 atom stereocenters. The van der Waals surface area contributed by atoms with Crippen molar-refractivity contribution in [2.75, 3.05) is 26.4 Å². The van der Waals surface area contributed by atoms with Crippen LogP contribution in [-0.2, 0) is 20.8 Å². The van der Waals surface area contributed by atoms with Gasteiger partial charge < -0.3 is 14.8 Å². The van der Waals surface area contributed by atoms with E-state index < -0.39 is 0 Å². The van der Waals surface area contributed by atoms with Gasteiger partial charge in [0.2, 0.25) is 0 Å². The number of hydrogen-bond acceptors (Lipinski definition) is 4. The average Bonchev–Trinajstić information content (AvgIpc) is 2.34. The monoisotopic (exact) mass is 271 g/mol. The van der Waals surface area contributed by atoms with Crippen LogP contribution in [-0.4, -0.2) is 32.3 Å². The Morgan fingerprint density at radius 1 is 1.44 bits per heavy atom. The smallest absolute Gasteiger partial charge is 0.332 e. The van der Waals surface area contributed by atoms with Crippen molar-refractivity contribution in [2.45, 2.75) is 13.5 Å². The third kappa shape index (κ3) is 6.59. The van der Waals surface area contributed by atoms with Gasteiger partial charge in [-0.25, -0.2) is 4.79 Å². The highest BCUT2D eigenvalue weighted by atomic mass is 35.5. The van der Waals surface area contributed by atoms with Crippen LogP contribution >= 0.6 is 11.6 Å². The van der Waals surface area contributed by atoms with E-state index in [-0.39, 0.29) is 12.6 Å². The van der Waals surface area contributed by atoms with Gasteiger partial charge in [0.1, 0.15) is 6.61 Å². The topological polar surface area (TPSA) is 47.6 Å². The Morgan fingerprint density at radius 3 is 3.00 bits per heavy atom. The average molecular weight is 272 g/mol. The Kier molecular flexibility index (Phi) is 7.41. The lowest BCUT2D eigenvalue weighted by Gasteiger charge is -2.06. The molecule has 1 N–H and O–H groups in total. The van der Waals surface area contributed by atoms with Gasteiger partial charge in [-0.1, -0.05) is 23.7 Å². The van der Waals surface area contributed by atoms with Gasteiger partial charge in [0.15, 0.2) is 0 Å². The van der Waals surface area contributed by atoms with Crippen molar-refractivity contribution in [2.24, 2.45) is 0 Å². The summed E-state index contributed by atoms with van der Waals surface area (Å²) >= 11 is 5.87. The summed E-state index contributed by atoms with van der Waals surface area (Å²) in [5, 5.41) is 3.93. The molecule has 0 aliphatic rings. The first-order valence-electron chi connectivity index (χ1n) is 5.91. The standard InChI is InChI=1S/C13H18ClNO3/c1-2-18-13(16)10-17-7-6-15-9-11-4-3-5-12(14)8-11/h3-5,8,15H,2,6-7,9-10H2,1H3. The van der Waals surface area contributed by atoms with E-state index in [0.29, 0.717) is 19.8 Å². The molecule has 0 aromatic heterocycles. The van der Waals surface area contributed by atoms with Gasteiger partial charge in [0, 0.05) is 18.1 Å². The SMILES string of the molecule is CCOC(=O)COCCNCc1cccc(Cl)c1. The van der Waals surface area contributed by atoms with E-state index in [0.717, 1.165) is 17.1 Å². The van der Waals surface area contributed by atoms with Gasteiger partial charge in [-0.05, 0) is 24.6 Å². The Labute approximate surface area is 112 Å². The van der Waals surface area contributed by atoms with Crippen LogP contribution in [0, 0.1) is 0 Å². The van der Waals surface area contributed by atoms with Crippen molar-refractivity contribution in [3.8, 4) is 0 Å². The predicted molar refractivity (Wildman–Crippen MR) is 70.6 cm³/mol. The second-order valence-electron chi connectivity index (χ2n) is 3.66. The highest BCUT2D eigenvalue weighted by Crippen LogP contribution is 2.09. The zero-order valence-electron chi connectivity index (χ0n) is 10.4. The summed E-state index contributed by atoms with van der Waals surface area (Å²) in [5.41, 5.74) is 1.12. The van der Waals surface area contributed by atoms with Crippen LogP contribution in [0.1, 0.15) is 12.5 Å². The molecule has 4 nitrogen and oxygen atoms in total. The molecule has 0 aliphatic heterocycles. The number of rotatable bonds is 8. The molecule has 0 saturated carbocycles. The number of carbonyl (C=O) groups is 1. The van der Waals surface area contributed by atoms with Crippen LogP contribution in [0.25, 0.3) is 0 Å². The first kappa shape index (κ1) is 15.0. The fourth-order valence-electron chi connectivity index (χ4n) is 1.38. The Hall–Kier alpha value is -1.10. The fourth-order valence-corrected chi connectivity index (χ4v) is 1.60. The Balaban J connectivity index is 2.04. The molecule has 1 aromatic carbocycles. The third-order valence-corrected chi connectivity index (χ3v) is 2.40. The largest absolute Gasteiger partial charge is 0.464 e. The maximum atomic E-state index is 11.0. The van der Waals surface area contributed by atoms with Crippen molar-refractivity contribution in [3.05, 3.63) is 34.9 Å². The Morgan fingerprint density at radius 2 is 2.28 bits per heavy atom. The van der Waals surface area contributed by atoms with E-state index >= 15 is 0 Å². The zero-order valence-corrected chi connectivity index (χ0v) is 11.2. The van der Waals surface area contributed by atoms with Crippen molar-refractivity contribution in [3.63, 3.8) is 0 Å². The lowest BCUT2D eigenvalue weighted by molar-refractivity contribution is -0.148. The molecule has 0 fully saturated rings. The molecule has 0 amide bonds. The lowest BCUT2D eigenvalue weighted by Crippen LogP contribution is -2.21. The molecule has 1 aromatic rings. The first-order chi connectivity index (χ1) is 8.72. The predicted octanol–water partition coefficient (Wildman–Crippen LogP) is 2.01.